The lowest BCUT2D eigenvalue weighted by atomic mass is 9.78. The van der Waals surface area contributed by atoms with Crippen LogP contribution in [0.3, 0.4) is 0 Å². The third kappa shape index (κ3) is 9.16. The molecule has 0 radical (unpaired) electrons. The van der Waals surface area contributed by atoms with Gasteiger partial charge >= 0.3 is 0 Å². The minimum atomic E-state index is -0.524. The van der Waals surface area contributed by atoms with Gasteiger partial charge in [0.05, 0.1) is 19.3 Å². The molecule has 4 rings (SSSR count). The van der Waals surface area contributed by atoms with Gasteiger partial charge in [0.25, 0.3) is 0 Å². The molecule has 0 bridgehead atoms. The number of unbranched alkanes of at least 4 members (excludes halogenated alkanes) is 9. The topological polar surface area (TPSA) is 52.7 Å². The van der Waals surface area contributed by atoms with E-state index in [0.717, 1.165) is 37.2 Å². The van der Waals surface area contributed by atoms with Crippen LogP contribution < -0.4 is 4.74 Å². The van der Waals surface area contributed by atoms with Crippen LogP contribution in [0.2, 0.25) is 0 Å². The summed E-state index contributed by atoms with van der Waals surface area (Å²) in [5.41, 5.74) is 0.650. The van der Waals surface area contributed by atoms with Crippen LogP contribution in [-0.4, -0.2) is 54.0 Å². The second-order valence-corrected chi connectivity index (χ2v) is 13.8. The number of hydrogen-bond donors (Lipinski definition) is 0. The Morgan fingerprint density at radius 2 is 1.40 bits per heavy atom. The molecular weight excluding hydrogens is 502 g/mol. The van der Waals surface area contributed by atoms with Crippen molar-refractivity contribution in [2.45, 2.75) is 160 Å². The lowest BCUT2D eigenvalue weighted by Crippen LogP contribution is -2.65. The summed E-state index contributed by atoms with van der Waals surface area (Å²) in [5.74, 6) is 0.346. The Kier molecular flexibility index (Phi) is 11.4. The normalized spacial score (nSPS) is 25.8. The molecule has 6 heteroatoms. The van der Waals surface area contributed by atoms with Gasteiger partial charge in [0.2, 0.25) is 0 Å². The molecule has 1 spiro atoms. The zero-order valence-corrected chi connectivity index (χ0v) is 26.3. The summed E-state index contributed by atoms with van der Waals surface area (Å²) in [6.45, 7) is 15.5. The van der Waals surface area contributed by atoms with Crippen molar-refractivity contribution in [2.75, 3.05) is 19.8 Å². The minimum Gasteiger partial charge on any atom is -0.491 e. The lowest BCUT2D eigenvalue weighted by molar-refractivity contribution is -0.351. The van der Waals surface area contributed by atoms with Gasteiger partial charge in [-0.15, -0.1) is 0 Å². The SMILES string of the molecule is CCCCCCCCCCCCC1COC2(CC(C)(C)N(OC(C)c3ccc(OCC4CO4)cc3)C(C)(C)C2)O1. The number of hydroxylamine groups is 2. The number of ether oxygens (including phenoxy) is 4. The summed E-state index contributed by atoms with van der Waals surface area (Å²) in [6, 6.07) is 8.24. The molecule has 1 aromatic carbocycles. The molecular formula is C34H57NO5. The van der Waals surface area contributed by atoms with E-state index in [9.17, 15) is 0 Å². The highest BCUT2D eigenvalue weighted by molar-refractivity contribution is 5.28. The molecule has 0 aliphatic carbocycles. The molecule has 40 heavy (non-hydrogen) atoms. The van der Waals surface area contributed by atoms with Crippen molar-refractivity contribution in [3.63, 3.8) is 0 Å². The number of epoxide rings is 1. The maximum Gasteiger partial charge on any atom is 0.172 e. The van der Waals surface area contributed by atoms with Gasteiger partial charge in [-0.25, -0.2) is 0 Å². The van der Waals surface area contributed by atoms with Crippen molar-refractivity contribution in [1.82, 2.24) is 5.06 Å². The summed E-state index contributed by atoms with van der Waals surface area (Å²) < 4.78 is 24.2. The highest BCUT2D eigenvalue weighted by Crippen LogP contribution is 2.49. The van der Waals surface area contributed by atoms with Gasteiger partial charge in [-0.05, 0) is 58.7 Å². The van der Waals surface area contributed by atoms with Crippen molar-refractivity contribution < 1.29 is 23.8 Å². The highest BCUT2D eigenvalue weighted by atomic mass is 16.7. The first-order valence-corrected chi connectivity index (χ1v) is 16.3. The van der Waals surface area contributed by atoms with Crippen LogP contribution >= 0.6 is 0 Å². The Labute approximate surface area is 244 Å². The van der Waals surface area contributed by atoms with Crippen LogP contribution in [-0.2, 0) is 19.0 Å². The summed E-state index contributed by atoms with van der Waals surface area (Å²) in [4.78, 5) is 6.69. The van der Waals surface area contributed by atoms with Gasteiger partial charge in [-0.1, -0.05) is 83.3 Å². The minimum absolute atomic E-state index is 0.0806. The Hall–Kier alpha value is -1.18. The largest absolute Gasteiger partial charge is 0.491 e. The van der Waals surface area contributed by atoms with E-state index < -0.39 is 5.79 Å². The maximum atomic E-state index is 6.71. The van der Waals surface area contributed by atoms with E-state index in [2.05, 4.69) is 58.7 Å². The average Bonchev–Trinajstić information content (AvgIpc) is 3.66. The molecule has 0 N–H and O–H groups in total. The van der Waals surface area contributed by atoms with Crippen molar-refractivity contribution in [2.24, 2.45) is 0 Å². The van der Waals surface area contributed by atoms with Crippen LogP contribution in [0.25, 0.3) is 0 Å². The summed E-state index contributed by atoms with van der Waals surface area (Å²) in [6.07, 6.45) is 16.7. The molecule has 3 unspecified atom stereocenters. The third-order valence-corrected chi connectivity index (χ3v) is 8.75. The first-order chi connectivity index (χ1) is 19.1. The molecule has 3 heterocycles. The number of nitrogens with zero attached hydrogens (tertiary/aromatic N) is 1. The van der Waals surface area contributed by atoms with E-state index in [-0.39, 0.29) is 29.4 Å². The second kappa shape index (κ2) is 14.3. The molecule has 3 aliphatic heterocycles. The Bertz CT molecular complexity index is 863. The van der Waals surface area contributed by atoms with Crippen molar-refractivity contribution >= 4 is 0 Å². The van der Waals surface area contributed by atoms with Crippen LogP contribution in [0.4, 0.5) is 0 Å². The van der Waals surface area contributed by atoms with E-state index in [1.807, 2.05) is 12.1 Å². The van der Waals surface area contributed by atoms with Gasteiger partial charge < -0.3 is 18.9 Å². The van der Waals surface area contributed by atoms with E-state index in [1.54, 1.807) is 0 Å². The zero-order chi connectivity index (χ0) is 28.6. The number of rotatable bonds is 17. The summed E-state index contributed by atoms with van der Waals surface area (Å²) in [7, 11) is 0. The van der Waals surface area contributed by atoms with E-state index in [1.165, 1.54) is 64.2 Å². The van der Waals surface area contributed by atoms with Gasteiger partial charge in [0.15, 0.2) is 5.79 Å². The van der Waals surface area contributed by atoms with Gasteiger partial charge in [-0.2, -0.15) is 5.06 Å². The molecule has 0 saturated carbocycles. The zero-order valence-electron chi connectivity index (χ0n) is 26.3. The fraction of sp³-hybridized carbons (Fsp3) is 0.824. The Balaban J connectivity index is 1.21. The first-order valence-electron chi connectivity index (χ1n) is 16.3. The smallest absolute Gasteiger partial charge is 0.172 e. The molecule has 6 nitrogen and oxygen atoms in total. The highest BCUT2D eigenvalue weighted by Gasteiger charge is 2.57. The maximum absolute atomic E-state index is 6.71. The van der Waals surface area contributed by atoms with Crippen molar-refractivity contribution in [3.05, 3.63) is 29.8 Å². The predicted molar refractivity (Wildman–Crippen MR) is 160 cm³/mol. The molecule has 3 fully saturated rings. The van der Waals surface area contributed by atoms with E-state index in [4.69, 9.17) is 23.8 Å². The predicted octanol–water partition coefficient (Wildman–Crippen LogP) is 8.53. The molecule has 1 aromatic rings. The van der Waals surface area contributed by atoms with Crippen molar-refractivity contribution in [1.29, 1.82) is 0 Å². The monoisotopic (exact) mass is 559 g/mol. The molecule has 0 amide bonds. The van der Waals surface area contributed by atoms with Gasteiger partial charge in [0.1, 0.15) is 24.6 Å². The fourth-order valence-electron chi connectivity index (χ4n) is 6.84. The number of hydrogen-bond acceptors (Lipinski definition) is 6. The fourth-order valence-corrected chi connectivity index (χ4v) is 6.84. The quantitative estimate of drug-likeness (QED) is 0.141. The van der Waals surface area contributed by atoms with Crippen LogP contribution in [0.15, 0.2) is 24.3 Å². The van der Waals surface area contributed by atoms with Gasteiger partial charge in [-0.3, -0.25) is 4.84 Å². The lowest BCUT2D eigenvalue weighted by Gasteiger charge is -2.56. The molecule has 0 aromatic heterocycles. The van der Waals surface area contributed by atoms with Crippen molar-refractivity contribution in [3.8, 4) is 5.75 Å². The second-order valence-electron chi connectivity index (χ2n) is 13.8. The van der Waals surface area contributed by atoms with Gasteiger partial charge in [0, 0.05) is 23.9 Å². The first kappa shape index (κ1) is 31.7. The molecule has 3 aliphatic rings. The third-order valence-electron chi connectivity index (χ3n) is 8.75. The number of benzene rings is 1. The molecule has 3 saturated heterocycles. The average molecular weight is 560 g/mol. The Morgan fingerprint density at radius 3 is 1.98 bits per heavy atom. The number of piperidine rings is 1. The summed E-state index contributed by atoms with van der Waals surface area (Å²) in [5, 5.41) is 2.20. The Morgan fingerprint density at radius 1 is 0.825 bits per heavy atom. The van der Waals surface area contributed by atoms with Crippen LogP contribution in [0.5, 0.6) is 5.75 Å². The summed E-state index contributed by atoms with van der Waals surface area (Å²) >= 11 is 0. The molecule has 3 atom stereocenters. The van der Waals surface area contributed by atoms with E-state index in [0.29, 0.717) is 13.2 Å². The van der Waals surface area contributed by atoms with Crippen LogP contribution in [0.1, 0.15) is 137 Å². The standard InChI is InChI=1S/C34H57NO5/c1-7-8-9-10-11-12-13-14-15-16-17-30-24-38-34(39-30)25-32(3,4)35(33(5,6)26-34)40-27(2)28-18-20-29(21-19-28)36-22-31-23-37-31/h18-21,27,30-31H,7-17,22-26H2,1-6H3. The molecule has 228 valence electrons. The van der Waals surface area contributed by atoms with E-state index >= 15 is 0 Å². The van der Waals surface area contributed by atoms with Crippen LogP contribution in [0, 0.1) is 0 Å².